The van der Waals surface area contributed by atoms with Crippen molar-refractivity contribution in [3.63, 3.8) is 0 Å². The van der Waals surface area contributed by atoms with E-state index >= 15 is 0 Å². The van der Waals surface area contributed by atoms with Crippen LogP contribution in [0.25, 0.3) is 11.1 Å². The third-order valence-corrected chi connectivity index (χ3v) is 4.69. The second kappa shape index (κ2) is 7.69. The first-order valence-corrected chi connectivity index (χ1v) is 8.52. The molecule has 1 unspecified atom stereocenters. The molecular formula is C19H21ClN2O2. The number of nitrogens with zero attached hydrogens (tertiary/aromatic N) is 1. The fourth-order valence-corrected chi connectivity index (χ4v) is 3.16. The van der Waals surface area contributed by atoms with Crippen LogP contribution in [0, 0.1) is 5.92 Å². The molecule has 4 nitrogen and oxygen atoms in total. The lowest BCUT2D eigenvalue weighted by molar-refractivity contribution is 0.198. The molecule has 0 bridgehead atoms. The number of urea groups is 1. The largest absolute Gasteiger partial charge is 0.396 e. The fourth-order valence-electron chi connectivity index (χ4n) is 3.03. The summed E-state index contributed by atoms with van der Waals surface area (Å²) in [5, 5.41) is 12.9. The highest BCUT2D eigenvalue weighted by molar-refractivity contribution is 6.30. The highest BCUT2D eigenvalue weighted by Crippen LogP contribution is 2.25. The van der Waals surface area contributed by atoms with Crippen molar-refractivity contribution in [2.24, 2.45) is 5.92 Å². The van der Waals surface area contributed by atoms with Crippen LogP contribution in [0.15, 0.2) is 48.5 Å². The summed E-state index contributed by atoms with van der Waals surface area (Å²) in [5.74, 6) is 0.206. The number of nitrogens with one attached hydrogen (secondary N) is 1. The molecule has 126 valence electrons. The normalized spacial score (nSPS) is 17.1. The summed E-state index contributed by atoms with van der Waals surface area (Å²) >= 11 is 5.96. The quantitative estimate of drug-likeness (QED) is 0.891. The second-order valence-electron chi connectivity index (χ2n) is 6.11. The van der Waals surface area contributed by atoms with Crippen LogP contribution in [0.4, 0.5) is 4.79 Å². The highest BCUT2D eigenvalue weighted by Gasteiger charge is 2.25. The van der Waals surface area contributed by atoms with Crippen LogP contribution in [-0.2, 0) is 6.54 Å². The average molecular weight is 345 g/mol. The molecule has 0 spiro atoms. The number of aliphatic hydroxyl groups is 1. The van der Waals surface area contributed by atoms with Gasteiger partial charge in [-0.05, 0) is 35.2 Å². The Morgan fingerprint density at radius 3 is 2.67 bits per heavy atom. The maximum atomic E-state index is 12.3. The summed E-state index contributed by atoms with van der Waals surface area (Å²) in [6, 6.07) is 15.6. The van der Waals surface area contributed by atoms with E-state index in [-0.39, 0.29) is 18.6 Å². The minimum absolute atomic E-state index is 0.0724. The lowest BCUT2D eigenvalue weighted by atomic mass is 10.00. The Labute approximate surface area is 147 Å². The molecule has 2 aromatic rings. The van der Waals surface area contributed by atoms with Gasteiger partial charge in [-0.3, -0.25) is 0 Å². The van der Waals surface area contributed by atoms with Crippen LogP contribution < -0.4 is 5.32 Å². The van der Waals surface area contributed by atoms with Crippen molar-refractivity contribution in [1.82, 2.24) is 10.2 Å². The van der Waals surface area contributed by atoms with Crippen LogP contribution >= 0.6 is 11.6 Å². The number of likely N-dealkylation sites (tertiary alicyclic amines) is 1. The van der Waals surface area contributed by atoms with Crippen molar-refractivity contribution in [3.05, 3.63) is 59.1 Å². The number of benzene rings is 2. The molecule has 2 aromatic carbocycles. The fraction of sp³-hybridized carbons (Fsp3) is 0.316. The minimum atomic E-state index is -0.0724. The molecule has 2 N–H and O–H groups in total. The summed E-state index contributed by atoms with van der Waals surface area (Å²) in [6.45, 7) is 1.94. The Hall–Kier alpha value is -2.04. The van der Waals surface area contributed by atoms with Gasteiger partial charge in [0.15, 0.2) is 0 Å². The highest BCUT2D eigenvalue weighted by atomic mass is 35.5. The number of carbonyl (C=O) groups is 1. The molecule has 0 aromatic heterocycles. The van der Waals surface area contributed by atoms with Crippen molar-refractivity contribution in [1.29, 1.82) is 0 Å². The zero-order valence-corrected chi connectivity index (χ0v) is 14.2. The van der Waals surface area contributed by atoms with E-state index in [0.29, 0.717) is 24.7 Å². The molecule has 3 rings (SSSR count). The maximum Gasteiger partial charge on any atom is 0.317 e. The van der Waals surface area contributed by atoms with Gasteiger partial charge in [-0.2, -0.15) is 0 Å². The molecule has 1 atom stereocenters. The number of rotatable bonds is 4. The molecule has 1 saturated heterocycles. The van der Waals surface area contributed by atoms with E-state index in [1.165, 1.54) is 0 Å². The monoisotopic (exact) mass is 344 g/mol. The van der Waals surface area contributed by atoms with Crippen molar-refractivity contribution in [2.75, 3.05) is 19.7 Å². The Morgan fingerprint density at radius 1 is 1.21 bits per heavy atom. The number of halogens is 1. The summed E-state index contributed by atoms with van der Waals surface area (Å²) in [6.07, 6.45) is 0.866. The van der Waals surface area contributed by atoms with E-state index in [1.807, 2.05) is 48.5 Å². The van der Waals surface area contributed by atoms with E-state index in [0.717, 1.165) is 23.1 Å². The number of hydrogen-bond acceptors (Lipinski definition) is 2. The predicted octanol–water partition coefficient (Wildman–Crippen LogP) is 3.53. The third-order valence-electron chi connectivity index (χ3n) is 4.43. The second-order valence-corrected chi connectivity index (χ2v) is 6.54. The summed E-state index contributed by atoms with van der Waals surface area (Å²) in [7, 11) is 0. The Balaban J connectivity index is 1.67. The van der Waals surface area contributed by atoms with Gasteiger partial charge in [0.05, 0.1) is 0 Å². The topological polar surface area (TPSA) is 52.6 Å². The van der Waals surface area contributed by atoms with Gasteiger partial charge in [0.1, 0.15) is 0 Å². The van der Waals surface area contributed by atoms with Gasteiger partial charge in [-0.15, -0.1) is 0 Å². The van der Waals surface area contributed by atoms with E-state index < -0.39 is 0 Å². The molecule has 5 heteroatoms. The molecule has 1 fully saturated rings. The Bertz CT molecular complexity index is 703. The van der Waals surface area contributed by atoms with Gasteiger partial charge in [0, 0.05) is 37.2 Å². The Kier molecular flexibility index (Phi) is 5.38. The van der Waals surface area contributed by atoms with Gasteiger partial charge in [0.2, 0.25) is 0 Å². The van der Waals surface area contributed by atoms with Crippen LogP contribution in [0.5, 0.6) is 0 Å². The molecule has 2 amide bonds. The van der Waals surface area contributed by atoms with Gasteiger partial charge in [-0.25, -0.2) is 4.79 Å². The van der Waals surface area contributed by atoms with Gasteiger partial charge >= 0.3 is 6.03 Å². The number of hydrogen-bond donors (Lipinski definition) is 2. The van der Waals surface area contributed by atoms with E-state index in [4.69, 9.17) is 11.6 Å². The van der Waals surface area contributed by atoms with E-state index in [1.54, 1.807) is 4.90 Å². The van der Waals surface area contributed by atoms with Crippen LogP contribution in [0.1, 0.15) is 12.0 Å². The molecule has 1 aliphatic heterocycles. The van der Waals surface area contributed by atoms with E-state index in [9.17, 15) is 9.90 Å². The summed E-state index contributed by atoms with van der Waals surface area (Å²) < 4.78 is 0. The van der Waals surface area contributed by atoms with Crippen molar-refractivity contribution < 1.29 is 9.90 Å². The average Bonchev–Trinajstić information content (AvgIpc) is 3.10. The lowest BCUT2D eigenvalue weighted by Gasteiger charge is -2.18. The van der Waals surface area contributed by atoms with Crippen LogP contribution in [0.3, 0.4) is 0 Å². The van der Waals surface area contributed by atoms with Crippen molar-refractivity contribution in [2.45, 2.75) is 13.0 Å². The molecule has 1 heterocycles. The maximum absolute atomic E-state index is 12.3. The minimum Gasteiger partial charge on any atom is -0.396 e. The SMILES string of the molecule is O=C(NCc1ccccc1-c1ccc(Cl)cc1)N1CCC(CO)C1. The van der Waals surface area contributed by atoms with Crippen LogP contribution in [-0.4, -0.2) is 35.7 Å². The number of amides is 2. The predicted molar refractivity (Wildman–Crippen MR) is 95.9 cm³/mol. The number of carbonyl (C=O) groups excluding carboxylic acids is 1. The van der Waals surface area contributed by atoms with Crippen LogP contribution in [0.2, 0.25) is 5.02 Å². The molecule has 0 saturated carbocycles. The van der Waals surface area contributed by atoms with Gasteiger partial charge in [-0.1, -0.05) is 48.0 Å². The first-order valence-electron chi connectivity index (χ1n) is 8.15. The van der Waals surface area contributed by atoms with Crippen molar-refractivity contribution >= 4 is 17.6 Å². The Morgan fingerprint density at radius 2 is 1.96 bits per heavy atom. The number of aliphatic hydroxyl groups excluding tert-OH is 1. The molecule has 0 radical (unpaired) electrons. The molecule has 0 aliphatic carbocycles. The van der Waals surface area contributed by atoms with Gasteiger partial charge in [0.25, 0.3) is 0 Å². The zero-order chi connectivity index (χ0) is 16.9. The van der Waals surface area contributed by atoms with Gasteiger partial charge < -0.3 is 15.3 Å². The first-order chi connectivity index (χ1) is 11.7. The standard InChI is InChI=1S/C19H21ClN2O2/c20-17-7-5-15(6-8-17)18-4-2-1-3-16(18)11-21-19(24)22-10-9-14(12-22)13-23/h1-8,14,23H,9-13H2,(H,21,24). The van der Waals surface area contributed by atoms with E-state index in [2.05, 4.69) is 5.32 Å². The van der Waals surface area contributed by atoms with Crippen molar-refractivity contribution in [3.8, 4) is 11.1 Å². The summed E-state index contributed by atoms with van der Waals surface area (Å²) in [4.78, 5) is 14.1. The summed E-state index contributed by atoms with van der Waals surface area (Å²) in [5.41, 5.74) is 3.22. The zero-order valence-electron chi connectivity index (χ0n) is 13.4. The molecule has 24 heavy (non-hydrogen) atoms. The molecular weight excluding hydrogens is 324 g/mol. The molecule has 1 aliphatic rings. The smallest absolute Gasteiger partial charge is 0.317 e. The third kappa shape index (κ3) is 3.89. The first kappa shape index (κ1) is 16.8. The lowest BCUT2D eigenvalue weighted by Crippen LogP contribution is -2.38.